The Labute approximate surface area is 115 Å². The van der Waals surface area contributed by atoms with Gasteiger partial charge < -0.3 is 5.32 Å². The molecule has 0 radical (unpaired) electrons. The summed E-state index contributed by atoms with van der Waals surface area (Å²) in [5, 5.41) is 3.57. The van der Waals surface area contributed by atoms with Gasteiger partial charge in [-0.15, -0.1) is 11.8 Å². The summed E-state index contributed by atoms with van der Waals surface area (Å²) >= 11 is 2.04. The number of hydrogen-bond acceptors (Lipinski definition) is 2. The molecule has 1 aromatic rings. The highest BCUT2D eigenvalue weighted by Gasteiger charge is 2.39. The van der Waals surface area contributed by atoms with E-state index in [0.29, 0.717) is 5.41 Å². The molecule has 0 amide bonds. The predicted octanol–water partition coefficient (Wildman–Crippen LogP) is 3.71. The van der Waals surface area contributed by atoms with Crippen LogP contribution in [0, 0.1) is 0 Å². The third kappa shape index (κ3) is 2.00. The van der Waals surface area contributed by atoms with Crippen LogP contribution >= 0.6 is 11.8 Å². The molecule has 1 nitrogen and oxygen atoms in total. The highest BCUT2D eigenvalue weighted by Crippen LogP contribution is 2.46. The Balaban J connectivity index is 2.09. The second-order valence-electron chi connectivity index (χ2n) is 6.77. The van der Waals surface area contributed by atoms with Gasteiger partial charge in [-0.05, 0) is 47.7 Å². The summed E-state index contributed by atoms with van der Waals surface area (Å²) in [6.07, 6.45) is 2.65. The van der Waals surface area contributed by atoms with Crippen LogP contribution in [0.25, 0.3) is 0 Å². The molecule has 0 bridgehead atoms. The lowest BCUT2D eigenvalue weighted by Gasteiger charge is -2.36. The monoisotopic (exact) mass is 261 g/mol. The summed E-state index contributed by atoms with van der Waals surface area (Å²) in [4.78, 5) is 1.53. The van der Waals surface area contributed by atoms with Gasteiger partial charge in [-0.1, -0.05) is 32.9 Å². The summed E-state index contributed by atoms with van der Waals surface area (Å²) in [5.74, 6) is 1.28. The molecule has 1 fully saturated rings. The lowest BCUT2D eigenvalue weighted by Crippen LogP contribution is -2.33. The van der Waals surface area contributed by atoms with E-state index in [1.54, 1.807) is 5.56 Å². The molecule has 2 aliphatic rings. The van der Waals surface area contributed by atoms with Crippen molar-refractivity contribution >= 4 is 11.8 Å². The Morgan fingerprint density at radius 3 is 2.72 bits per heavy atom. The summed E-state index contributed by atoms with van der Waals surface area (Å²) in [5.41, 5.74) is 3.79. The Kier molecular flexibility index (Phi) is 2.98. The van der Waals surface area contributed by atoms with Crippen LogP contribution in [-0.4, -0.2) is 18.8 Å². The Morgan fingerprint density at radius 1 is 1.22 bits per heavy atom. The topological polar surface area (TPSA) is 12.0 Å². The molecule has 1 atom stereocenters. The lowest BCUT2D eigenvalue weighted by atomic mass is 9.74. The van der Waals surface area contributed by atoms with Crippen molar-refractivity contribution < 1.29 is 0 Å². The average molecular weight is 261 g/mol. The smallest absolute Gasteiger partial charge is 0.0110 e. The van der Waals surface area contributed by atoms with Crippen LogP contribution < -0.4 is 5.32 Å². The maximum Gasteiger partial charge on any atom is 0.0110 e. The maximum atomic E-state index is 3.57. The first-order chi connectivity index (χ1) is 8.51. The summed E-state index contributed by atoms with van der Waals surface area (Å²) in [7, 11) is 0. The zero-order valence-electron chi connectivity index (χ0n) is 11.7. The van der Waals surface area contributed by atoms with Crippen molar-refractivity contribution in [2.75, 3.05) is 18.8 Å². The highest BCUT2D eigenvalue weighted by molar-refractivity contribution is 7.99. The minimum Gasteiger partial charge on any atom is -0.316 e. The molecule has 1 unspecified atom stereocenters. The first-order valence-corrected chi connectivity index (χ1v) is 7.98. The molecule has 18 heavy (non-hydrogen) atoms. The molecule has 2 aliphatic heterocycles. The predicted molar refractivity (Wildman–Crippen MR) is 79.6 cm³/mol. The molecule has 1 spiro atoms. The minimum atomic E-state index is 0.254. The van der Waals surface area contributed by atoms with Crippen molar-refractivity contribution in [1.82, 2.24) is 5.32 Å². The molecule has 1 aromatic carbocycles. The van der Waals surface area contributed by atoms with E-state index in [-0.39, 0.29) is 5.41 Å². The molecule has 0 saturated carbocycles. The van der Waals surface area contributed by atoms with Crippen molar-refractivity contribution in [1.29, 1.82) is 0 Å². The lowest BCUT2D eigenvalue weighted by molar-refractivity contribution is 0.441. The number of rotatable bonds is 0. The van der Waals surface area contributed by atoms with E-state index in [2.05, 4.69) is 44.3 Å². The quantitative estimate of drug-likeness (QED) is 0.764. The number of benzene rings is 1. The first-order valence-electron chi connectivity index (χ1n) is 7.00. The zero-order chi connectivity index (χ0) is 12.8. The summed E-state index contributed by atoms with van der Waals surface area (Å²) in [6, 6.07) is 7.18. The van der Waals surface area contributed by atoms with Gasteiger partial charge in [0.1, 0.15) is 0 Å². The fourth-order valence-electron chi connectivity index (χ4n) is 3.21. The van der Waals surface area contributed by atoms with Gasteiger partial charge in [-0.25, -0.2) is 0 Å². The first kappa shape index (κ1) is 12.6. The highest BCUT2D eigenvalue weighted by atomic mass is 32.2. The number of hydrogen-bond donors (Lipinski definition) is 1. The fraction of sp³-hybridized carbons (Fsp3) is 0.625. The van der Waals surface area contributed by atoms with Gasteiger partial charge in [0, 0.05) is 16.9 Å². The van der Waals surface area contributed by atoms with Crippen molar-refractivity contribution in [3.63, 3.8) is 0 Å². The van der Waals surface area contributed by atoms with Crippen LogP contribution in [0.5, 0.6) is 0 Å². The van der Waals surface area contributed by atoms with E-state index >= 15 is 0 Å². The van der Waals surface area contributed by atoms with E-state index < -0.39 is 0 Å². The van der Waals surface area contributed by atoms with E-state index in [4.69, 9.17) is 0 Å². The second kappa shape index (κ2) is 4.28. The van der Waals surface area contributed by atoms with Crippen molar-refractivity contribution in [2.45, 2.75) is 49.3 Å². The zero-order valence-corrected chi connectivity index (χ0v) is 12.5. The van der Waals surface area contributed by atoms with E-state index in [1.807, 2.05) is 11.8 Å². The van der Waals surface area contributed by atoms with Gasteiger partial charge in [-0.2, -0.15) is 0 Å². The number of thioether (sulfide) groups is 1. The standard InChI is InChI=1S/C16H23NS/c1-15(2,3)12-4-5-14-13(10-12)16(7-9-18-14)6-8-17-11-16/h4-5,10,17H,6-9,11H2,1-3H3. The van der Waals surface area contributed by atoms with Gasteiger partial charge in [-0.3, -0.25) is 0 Å². The fourth-order valence-corrected chi connectivity index (χ4v) is 4.52. The molecule has 2 heteroatoms. The molecular weight excluding hydrogens is 238 g/mol. The Bertz CT molecular complexity index is 453. The molecule has 0 aliphatic carbocycles. The van der Waals surface area contributed by atoms with Crippen molar-refractivity contribution in [3.8, 4) is 0 Å². The SMILES string of the molecule is CC(C)(C)c1ccc2c(c1)C1(CCNC1)CCS2. The molecule has 1 saturated heterocycles. The Hall–Kier alpha value is -0.470. The van der Waals surface area contributed by atoms with Crippen LogP contribution in [0.1, 0.15) is 44.7 Å². The molecule has 3 rings (SSSR count). The molecule has 1 N–H and O–H groups in total. The average Bonchev–Trinajstić information content (AvgIpc) is 2.77. The van der Waals surface area contributed by atoms with Gasteiger partial charge in [0.05, 0.1) is 0 Å². The van der Waals surface area contributed by atoms with Gasteiger partial charge >= 0.3 is 0 Å². The molecule has 2 heterocycles. The van der Waals surface area contributed by atoms with Gasteiger partial charge in [0.15, 0.2) is 0 Å². The van der Waals surface area contributed by atoms with Gasteiger partial charge in [0.25, 0.3) is 0 Å². The molecule has 98 valence electrons. The third-order valence-electron chi connectivity index (χ3n) is 4.50. The second-order valence-corrected chi connectivity index (χ2v) is 7.90. The minimum absolute atomic E-state index is 0.254. The maximum absolute atomic E-state index is 3.57. The molecular formula is C16H23NS. The number of fused-ring (bicyclic) bond motifs is 2. The van der Waals surface area contributed by atoms with Crippen LogP contribution in [0.15, 0.2) is 23.1 Å². The van der Waals surface area contributed by atoms with Gasteiger partial charge in [0.2, 0.25) is 0 Å². The van der Waals surface area contributed by atoms with E-state index in [1.165, 1.54) is 42.1 Å². The molecule has 0 aromatic heterocycles. The van der Waals surface area contributed by atoms with Crippen molar-refractivity contribution in [3.05, 3.63) is 29.3 Å². The van der Waals surface area contributed by atoms with Crippen LogP contribution in [0.2, 0.25) is 0 Å². The van der Waals surface area contributed by atoms with E-state index in [0.717, 1.165) is 0 Å². The largest absolute Gasteiger partial charge is 0.316 e. The summed E-state index contributed by atoms with van der Waals surface area (Å²) < 4.78 is 0. The summed E-state index contributed by atoms with van der Waals surface area (Å²) in [6.45, 7) is 9.29. The Morgan fingerprint density at radius 2 is 2.06 bits per heavy atom. The van der Waals surface area contributed by atoms with Crippen LogP contribution in [-0.2, 0) is 10.8 Å². The van der Waals surface area contributed by atoms with E-state index in [9.17, 15) is 0 Å². The number of nitrogens with one attached hydrogen (secondary N) is 1. The van der Waals surface area contributed by atoms with Crippen molar-refractivity contribution in [2.24, 2.45) is 0 Å². The third-order valence-corrected chi connectivity index (χ3v) is 5.57. The van der Waals surface area contributed by atoms with Crippen LogP contribution in [0.3, 0.4) is 0 Å². The van der Waals surface area contributed by atoms with Crippen LogP contribution in [0.4, 0.5) is 0 Å². The normalized spacial score (nSPS) is 27.5.